The number of nitrogens with zero attached hydrogens (tertiary/aromatic N) is 3. The van der Waals surface area contributed by atoms with E-state index >= 15 is 0 Å². The van der Waals surface area contributed by atoms with Gasteiger partial charge in [-0.05, 0) is 18.2 Å². The zero-order valence-electron chi connectivity index (χ0n) is 14.4. The number of halogens is 5. The predicted molar refractivity (Wildman–Crippen MR) is 89.9 cm³/mol. The van der Waals surface area contributed by atoms with Gasteiger partial charge in [0.15, 0.2) is 15.7 Å². The second-order valence-electron chi connectivity index (χ2n) is 6.28. The number of rotatable bonds is 2. The largest absolute Gasteiger partial charge is 0.458 e. The Balaban J connectivity index is 2.13. The van der Waals surface area contributed by atoms with E-state index in [4.69, 9.17) is 0 Å². The van der Waals surface area contributed by atoms with E-state index in [9.17, 15) is 35.6 Å². The molecule has 0 spiro atoms. The van der Waals surface area contributed by atoms with Crippen molar-refractivity contribution in [3.8, 4) is 0 Å². The van der Waals surface area contributed by atoms with Crippen LogP contribution in [0.1, 0.15) is 0 Å². The number of allylic oxidation sites excluding steroid dienone is 4. The average molecular weight is 423 g/mol. The first-order valence-electron chi connectivity index (χ1n) is 7.73. The molecule has 0 saturated heterocycles. The fourth-order valence-corrected chi connectivity index (χ4v) is 3.78. The first kappa shape index (κ1) is 20.3. The molecule has 152 valence electrons. The maximum atomic E-state index is 13.6. The molecule has 3 rings (SSSR count). The van der Waals surface area contributed by atoms with Crippen LogP contribution in [0.15, 0.2) is 63.6 Å². The van der Waals surface area contributed by atoms with Crippen molar-refractivity contribution in [1.29, 1.82) is 0 Å². The molecule has 28 heavy (non-hydrogen) atoms. The Morgan fingerprint density at radius 1 is 1.21 bits per heavy atom. The number of sulfone groups is 1. The number of likely N-dealkylation sites (N-methyl/N-ethyl adjacent to an activating group) is 1. The van der Waals surface area contributed by atoms with Crippen LogP contribution >= 0.6 is 0 Å². The van der Waals surface area contributed by atoms with E-state index in [1.54, 1.807) is 0 Å². The van der Waals surface area contributed by atoms with Crippen LogP contribution in [-0.4, -0.2) is 60.7 Å². The van der Waals surface area contributed by atoms with Crippen LogP contribution in [-0.2, 0) is 9.84 Å². The van der Waals surface area contributed by atoms with Gasteiger partial charge in [-0.3, -0.25) is 5.21 Å². The van der Waals surface area contributed by atoms with Crippen molar-refractivity contribution in [2.24, 2.45) is 4.99 Å². The molecule has 0 bridgehead atoms. The molecule has 0 fully saturated rings. The Kier molecular flexibility index (Phi) is 4.54. The molecule has 12 heteroatoms. The summed E-state index contributed by atoms with van der Waals surface area (Å²) in [4.78, 5) is 5.11. The molecule has 2 heterocycles. The van der Waals surface area contributed by atoms with Crippen LogP contribution in [0, 0.1) is 0 Å². The van der Waals surface area contributed by atoms with Gasteiger partial charge in [0, 0.05) is 25.1 Å². The number of aliphatic imine (C=N–C) groups is 1. The maximum Gasteiger partial charge on any atom is 0.458 e. The monoisotopic (exact) mass is 423 g/mol. The van der Waals surface area contributed by atoms with Gasteiger partial charge in [0.25, 0.3) is 0 Å². The Morgan fingerprint density at radius 2 is 1.86 bits per heavy atom. The Hall–Kier alpha value is -2.47. The highest BCUT2D eigenvalue weighted by Gasteiger charge is 2.60. The van der Waals surface area contributed by atoms with Gasteiger partial charge in [-0.2, -0.15) is 22.0 Å². The summed E-state index contributed by atoms with van der Waals surface area (Å²) in [5.74, 6) is -5.17. The van der Waals surface area contributed by atoms with Crippen LogP contribution in [0.25, 0.3) is 0 Å². The molecule has 0 amide bonds. The topological polar surface area (TPSA) is 73.2 Å². The quantitative estimate of drug-likeness (QED) is 0.692. The standard InChI is InChI=1S/C16H14F5N3O3S/c1-23-11-6-5-9(15(17,18)16(19,20)21)8-10(11)22-14(23)13-12(28(2,26)27)4-3-7-24(13)25/h3-8,11,25H,1-2H3. The van der Waals surface area contributed by atoms with E-state index in [0.29, 0.717) is 17.2 Å². The third kappa shape index (κ3) is 3.15. The number of hydroxylamine groups is 2. The minimum absolute atomic E-state index is 0.0963. The summed E-state index contributed by atoms with van der Waals surface area (Å²) in [7, 11) is -2.36. The van der Waals surface area contributed by atoms with Gasteiger partial charge in [-0.15, -0.1) is 0 Å². The van der Waals surface area contributed by atoms with Gasteiger partial charge in [0.2, 0.25) is 0 Å². The molecule has 0 aromatic carbocycles. The third-order valence-electron chi connectivity index (χ3n) is 4.32. The lowest BCUT2D eigenvalue weighted by Gasteiger charge is -2.28. The smallest absolute Gasteiger partial charge is 0.346 e. The predicted octanol–water partition coefficient (Wildman–Crippen LogP) is 2.75. The third-order valence-corrected chi connectivity index (χ3v) is 5.45. The Morgan fingerprint density at radius 3 is 2.43 bits per heavy atom. The van der Waals surface area contributed by atoms with Crippen LogP contribution in [0.3, 0.4) is 0 Å². The van der Waals surface area contributed by atoms with Crippen molar-refractivity contribution < 1.29 is 35.6 Å². The van der Waals surface area contributed by atoms with Crippen molar-refractivity contribution in [3.05, 3.63) is 58.6 Å². The van der Waals surface area contributed by atoms with E-state index in [2.05, 4.69) is 4.99 Å². The molecular weight excluding hydrogens is 409 g/mol. The van der Waals surface area contributed by atoms with Gasteiger partial charge < -0.3 is 4.90 Å². The fraction of sp³-hybridized carbons (Fsp3) is 0.312. The van der Waals surface area contributed by atoms with Crippen molar-refractivity contribution in [1.82, 2.24) is 9.96 Å². The molecule has 0 radical (unpaired) electrons. The fourth-order valence-electron chi connectivity index (χ4n) is 2.91. The van der Waals surface area contributed by atoms with Crippen molar-refractivity contribution in [2.45, 2.75) is 18.1 Å². The molecule has 0 aromatic heterocycles. The van der Waals surface area contributed by atoms with Crippen LogP contribution in [0.4, 0.5) is 22.0 Å². The minimum Gasteiger partial charge on any atom is -0.346 e. The zero-order valence-corrected chi connectivity index (χ0v) is 15.3. The van der Waals surface area contributed by atoms with Crippen molar-refractivity contribution >= 4 is 15.5 Å². The molecule has 0 aromatic rings. The normalized spacial score (nSPS) is 25.6. The van der Waals surface area contributed by atoms with Crippen molar-refractivity contribution in [2.75, 3.05) is 13.3 Å². The summed E-state index contributed by atoms with van der Waals surface area (Å²) < 4.78 is 89.2. The minimum atomic E-state index is -5.77. The second-order valence-corrected chi connectivity index (χ2v) is 8.27. The summed E-state index contributed by atoms with van der Waals surface area (Å²) in [6, 6.07) is -0.796. The van der Waals surface area contributed by atoms with Gasteiger partial charge in [-0.25, -0.2) is 18.5 Å². The van der Waals surface area contributed by atoms with E-state index in [1.807, 2.05) is 0 Å². The summed E-state index contributed by atoms with van der Waals surface area (Å²) in [6.45, 7) is 0. The van der Waals surface area contributed by atoms with E-state index < -0.39 is 33.6 Å². The summed E-state index contributed by atoms with van der Waals surface area (Å²) in [5.41, 5.74) is -1.65. The average Bonchev–Trinajstić information content (AvgIpc) is 2.89. The highest BCUT2D eigenvalue weighted by molar-refractivity contribution is 7.94. The number of alkyl halides is 5. The first-order chi connectivity index (χ1) is 12.7. The maximum absolute atomic E-state index is 13.6. The molecule has 1 atom stereocenters. The number of hydrogen-bond donors (Lipinski definition) is 1. The van der Waals surface area contributed by atoms with E-state index in [0.717, 1.165) is 18.5 Å². The highest BCUT2D eigenvalue weighted by Crippen LogP contribution is 2.43. The Bertz CT molecular complexity index is 1000. The first-order valence-corrected chi connectivity index (χ1v) is 9.62. The molecule has 1 N–H and O–H groups in total. The SMILES string of the molecule is CN1C(=C2C(S(C)(=O)=O)=CC=CN2O)N=C2C=C(C(F)(F)C(F)(F)F)C=CC21. The highest BCUT2D eigenvalue weighted by atomic mass is 32.2. The molecule has 1 unspecified atom stereocenters. The lowest BCUT2D eigenvalue weighted by Crippen LogP contribution is -2.40. The Labute approximate surface area is 156 Å². The van der Waals surface area contributed by atoms with Gasteiger partial charge in [0.1, 0.15) is 5.70 Å². The summed E-state index contributed by atoms with van der Waals surface area (Å²) in [6.07, 6.45) is 1.15. The molecule has 0 saturated carbocycles. The lowest BCUT2D eigenvalue weighted by molar-refractivity contribution is -0.262. The van der Waals surface area contributed by atoms with E-state index in [1.165, 1.54) is 24.1 Å². The number of hydrogen-bond acceptors (Lipinski definition) is 6. The summed E-state index contributed by atoms with van der Waals surface area (Å²) >= 11 is 0. The van der Waals surface area contributed by atoms with Gasteiger partial charge in [0.05, 0.1) is 16.7 Å². The van der Waals surface area contributed by atoms with Gasteiger partial charge in [-0.1, -0.05) is 12.2 Å². The molecule has 1 aliphatic carbocycles. The van der Waals surface area contributed by atoms with Crippen molar-refractivity contribution in [3.63, 3.8) is 0 Å². The van der Waals surface area contributed by atoms with Crippen LogP contribution in [0.5, 0.6) is 0 Å². The summed E-state index contributed by atoms with van der Waals surface area (Å²) in [5, 5.41) is 10.6. The molecule has 6 nitrogen and oxygen atoms in total. The molecular formula is C16H14F5N3O3S. The second kappa shape index (κ2) is 6.27. The van der Waals surface area contributed by atoms with Crippen LogP contribution < -0.4 is 0 Å². The zero-order chi connectivity index (χ0) is 21.1. The number of fused-ring (bicyclic) bond motifs is 1. The molecule has 2 aliphatic heterocycles. The van der Waals surface area contributed by atoms with E-state index in [-0.39, 0.29) is 22.1 Å². The lowest BCUT2D eigenvalue weighted by atomic mass is 9.96. The van der Waals surface area contributed by atoms with Gasteiger partial charge >= 0.3 is 12.1 Å². The molecule has 3 aliphatic rings. The van der Waals surface area contributed by atoms with Crippen LogP contribution in [0.2, 0.25) is 0 Å².